The fourth-order valence-corrected chi connectivity index (χ4v) is 4.12. The average Bonchev–Trinajstić information content (AvgIpc) is 2.89. The van der Waals surface area contributed by atoms with Gasteiger partial charge in [-0.25, -0.2) is 4.98 Å². The Hall–Kier alpha value is -1.23. The third-order valence-corrected chi connectivity index (χ3v) is 5.48. The van der Waals surface area contributed by atoms with E-state index >= 15 is 0 Å². The molecule has 1 saturated heterocycles. The predicted octanol–water partition coefficient (Wildman–Crippen LogP) is 3.01. The summed E-state index contributed by atoms with van der Waals surface area (Å²) in [6.45, 7) is 8.92. The van der Waals surface area contributed by atoms with Crippen LogP contribution in [-0.4, -0.2) is 36.1 Å². The summed E-state index contributed by atoms with van der Waals surface area (Å²) in [6, 6.07) is 11.1. The van der Waals surface area contributed by atoms with Crippen molar-refractivity contribution in [1.82, 2.24) is 15.2 Å². The van der Waals surface area contributed by atoms with E-state index in [4.69, 9.17) is 4.98 Å². The second-order valence-corrected chi connectivity index (χ2v) is 6.80. The van der Waals surface area contributed by atoms with Gasteiger partial charge in [-0.1, -0.05) is 30.3 Å². The van der Waals surface area contributed by atoms with Gasteiger partial charge in [0.1, 0.15) is 0 Å². The molecule has 2 aromatic rings. The molecule has 1 unspecified atom stereocenters. The van der Waals surface area contributed by atoms with Crippen molar-refractivity contribution in [2.75, 3.05) is 26.2 Å². The Morgan fingerprint density at radius 2 is 1.95 bits per heavy atom. The van der Waals surface area contributed by atoms with Gasteiger partial charge in [-0.15, -0.1) is 11.3 Å². The van der Waals surface area contributed by atoms with Crippen LogP contribution in [0.1, 0.15) is 34.1 Å². The second-order valence-electron chi connectivity index (χ2n) is 5.68. The highest BCUT2D eigenvalue weighted by Crippen LogP contribution is 2.30. The number of aryl methyl sites for hydroxylation is 1. The lowest BCUT2D eigenvalue weighted by Crippen LogP contribution is -2.44. The minimum absolute atomic E-state index is 0.481. The summed E-state index contributed by atoms with van der Waals surface area (Å²) in [4.78, 5) is 8.79. The number of hydrogen-bond acceptors (Lipinski definition) is 4. The van der Waals surface area contributed by atoms with Crippen LogP contribution in [0.25, 0.3) is 0 Å². The maximum Gasteiger partial charge on any atom is 0.0975 e. The molecule has 1 aromatic carbocycles. The maximum absolute atomic E-state index is 4.80. The normalized spacial score (nSPS) is 17.8. The van der Waals surface area contributed by atoms with Crippen molar-refractivity contribution in [1.29, 1.82) is 0 Å². The lowest BCUT2D eigenvalue weighted by molar-refractivity contribution is 0.187. The molecule has 1 aliphatic heterocycles. The monoisotopic (exact) mass is 301 g/mol. The first kappa shape index (κ1) is 14.7. The van der Waals surface area contributed by atoms with Crippen molar-refractivity contribution in [2.24, 2.45) is 0 Å². The largest absolute Gasteiger partial charge is 0.314 e. The molecule has 1 atom stereocenters. The molecule has 0 bridgehead atoms. The lowest BCUT2D eigenvalue weighted by atomic mass is 10.1. The van der Waals surface area contributed by atoms with Gasteiger partial charge < -0.3 is 5.32 Å². The molecule has 1 aromatic heterocycles. The van der Waals surface area contributed by atoms with Gasteiger partial charge in [0.05, 0.1) is 10.7 Å². The Morgan fingerprint density at radius 1 is 1.24 bits per heavy atom. The molecule has 3 nitrogen and oxygen atoms in total. The van der Waals surface area contributed by atoms with Crippen molar-refractivity contribution in [3.63, 3.8) is 0 Å². The third-order valence-electron chi connectivity index (χ3n) is 4.15. The number of rotatable bonds is 4. The topological polar surface area (TPSA) is 28.2 Å². The molecule has 1 fully saturated rings. The zero-order valence-corrected chi connectivity index (χ0v) is 13.6. The van der Waals surface area contributed by atoms with E-state index in [1.165, 1.54) is 21.1 Å². The summed E-state index contributed by atoms with van der Waals surface area (Å²) in [5.41, 5.74) is 2.55. The zero-order chi connectivity index (χ0) is 14.7. The highest BCUT2D eigenvalue weighted by Gasteiger charge is 2.22. The number of thiazole rings is 1. The first-order valence-corrected chi connectivity index (χ1v) is 8.50. The van der Waals surface area contributed by atoms with E-state index in [-0.39, 0.29) is 0 Å². The Kier molecular flexibility index (Phi) is 4.68. The Labute approximate surface area is 131 Å². The fraction of sp³-hybridized carbons (Fsp3) is 0.471. The van der Waals surface area contributed by atoms with Gasteiger partial charge in [0.25, 0.3) is 0 Å². The number of nitrogens with zero attached hydrogens (tertiary/aromatic N) is 2. The van der Waals surface area contributed by atoms with Crippen molar-refractivity contribution >= 4 is 11.3 Å². The number of aromatic nitrogens is 1. The first-order valence-electron chi connectivity index (χ1n) is 7.69. The molecule has 1 aliphatic rings. The number of benzene rings is 1. The van der Waals surface area contributed by atoms with Crippen LogP contribution in [-0.2, 0) is 6.42 Å². The van der Waals surface area contributed by atoms with Crippen LogP contribution in [0.5, 0.6) is 0 Å². The van der Waals surface area contributed by atoms with Gasteiger partial charge in [-0.05, 0) is 19.4 Å². The molecule has 3 rings (SSSR count). The van der Waals surface area contributed by atoms with Gasteiger partial charge >= 0.3 is 0 Å². The SMILES string of the molecule is Cc1nc(Cc2ccccc2)sc1C(C)N1CCNCC1. The van der Waals surface area contributed by atoms with E-state index in [1.807, 2.05) is 11.3 Å². The molecule has 1 N–H and O–H groups in total. The van der Waals surface area contributed by atoms with Crippen molar-refractivity contribution in [2.45, 2.75) is 26.3 Å². The lowest BCUT2D eigenvalue weighted by Gasteiger charge is -2.32. The summed E-state index contributed by atoms with van der Waals surface area (Å²) in [6.07, 6.45) is 0.945. The van der Waals surface area contributed by atoms with Crippen LogP contribution < -0.4 is 5.32 Å². The minimum atomic E-state index is 0.481. The first-order chi connectivity index (χ1) is 10.2. The summed E-state index contributed by atoms with van der Waals surface area (Å²) >= 11 is 1.88. The molecule has 21 heavy (non-hydrogen) atoms. The van der Waals surface area contributed by atoms with Crippen molar-refractivity contribution < 1.29 is 0 Å². The average molecular weight is 301 g/mol. The molecule has 112 valence electrons. The second kappa shape index (κ2) is 6.69. The van der Waals surface area contributed by atoms with Crippen LogP contribution in [0.2, 0.25) is 0 Å². The number of nitrogens with one attached hydrogen (secondary N) is 1. The van der Waals surface area contributed by atoms with Gasteiger partial charge in [0, 0.05) is 43.5 Å². The third kappa shape index (κ3) is 3.51. The van der Waals surface area contributed by atoms with Crippen LogP contribution >= 0.6 is 11.3 Å². The highest BCUT2D eigenvalue weighted by atomic mass is 32.1. The molecular formula is C17H23N3S. The fourth-order valence-electron chi connectivity index (χ4n) is 2.93. The molecule has 0 spiro atoms. The highest BCUT2D eigenvalue weighted by molar-refractivity contribution is 7.11. The van der Waals surface area contributed by atoms with Crippen LogP contribution in [0, 0.1) is 6.92 Å². The Morgan fingerprint density at radius 3 is 2.67 bits per heavy atom. The Bertz CT molecular complexity index is 573. The van der Waals surface area contributed by atoms with Gasteiger partial charge in [0.15, 0.2) is 0 Å². The summed E-state index contributed by atoms with van der Waals surface area (Å²) in [5, 5.41) is 4.65. The van der Waals surface area contributed by atoms with Gasteiger partial charge in [0.2, 0.25) is 0 Å². The van der Waals surface area contributed by atoms with E-state index in [0.29, 0.717) is 6.04 Å². The van der Waals surface area contributed by atoms with Crippen molar-refractivity contribution in [3.05, 3.63) is 51.5 Å². The molecular weight excluding hydrogens is 278 g/mol. The van der Waals surface area contributed by atoms with Crippen molar-refractivity contribution in [3.8, 4) is 0 Å². The number of hydrogen-bond donors (Lipinski definition) is 1. The minimum Gasteiger partial charge on any atom is -0.314 e. The molecule has 2 heterocycles. The summed E-state index contributed by atoms with van der Waals surface area (Å²) in [7, 11) is 0. The van der Waals surface area contributed by atoms with Crippen LogP contribution in [0.4, 0.5) is 0 Å². The number of piperazine rings is 1. The van der Waals surface area contributed by atoms with E-state index in [0.717, 1.165) is 32.6 Å². The smallest absolute Gasteiger partial charge is 0.0975 e. The van der Waals surface area contributed by atoms with Crippen LogP contribution in [0.3, 0.4) is 0 Å². The predicted molar refractivity (Wildman–Crippen MR) is 89.0 cm³/mol. The zero-order valence-electron chi connectivity index (χ0n) is 12.8. The van der Waals surface area contributed by atoms with E-state index in [1.54, 1.807) is 0 Å². The standard InChI is InChI=1S/C17H23N3S/c1-13-17(14(2)20-10-8-18-9-11-20)21-16(19-13)12-15-6-4-3-5-7-15/h3-7,14,18H,8-12H2,1-2H3. The van der Waals surface area contributed by atoms with Gasteiger partial charge in [-0.2, -0.15) is 0 Å². The van der Waals surface area contributed by atoms with Crippen LogP contribution in [0.15, 0.2) is 30.3 Å². The summed E-state index contributed by atoms with van der Waals surface area (Å²) < 4.78 is 0. The molecule has 0 radical (unpaired) electrons. The molecule has 4 heteroatoms. The van der Waals surface area contributed by atoms with Gasteiger partial charge in [-0.3, -0.25) is 4.90 Å². The molecule has 0 aliphatic carbocycles. The molecule has 0 saturated carbocycles. The Balaban J connectivity index is 1.74. The maximum atomic E-state index is 4.80. The summed E-state index contributed by atoms with van der Waals surface area (Å²) in [5.74, 6) is 0. The van der Waals surface area contributed by atoms with E-state index in [2.05, 4.69) is 54.4 Å². The van der Waals surface area contributed by atoms with E-state index in [9.17, 15) is 0 Å². The van der Waals surface area contributed by atoms with E-state index < -0.39 is 0 Å². The quantitative estimate of drug-likeness (QED) is 0.941. The molecule has 0 amide bonds.